The summed E-state index contributed by atoms with van der Waals surface area (Å²) in [5, 5.41) is 23.8. The molecule has 3 aliphatic heterocycles. The van der Waals surface area contributed by atoms with Crippen LogP contribution in [0.4, 0.5) is 4.79 Å². The molecule has 0 spiro atoms. The van der Waals surface area contributed by atoms with Crippen molar-refractivity contribution in [1.82, 2.24) is 21.3 Å². The zero-order valence-corrected chi connectivity index (χ0v) is 26.6. The first kappa shape index (κ1) is 32.5. The van der Waals surface area contributed by atoms with Gasteiger partial charge in [-0.2, -0.15) is 0 Å². The summed E-state index contributed by atoms with van der Waals surface area (Å²) in [6, 6.07) is 7.07. The van der Waals surface area contributed by atoms with Crippen molar-refractivity contribution in [3.05, 3.63) is 41.0 Å². The molecule has 1 aliphatic carbocycles. The van der Waals surface area contributed by atoms with Gasteiger partial charge < -0.3 is 60.5 Å². The number of methoxy groups -OCH3 is 2. The lowest BCUT2D eigenvalue weighted by Crippen LogP contribution is -2.50. The highest BCUT2D eigenvalue weighted by molar-refractivity contribution is 5.75. The molecule has 2 aromatic carbocycles. The molecule has 3 heterocycles. The summed E-state index contributed by atoms with van der Waals surface area (Å²) in [7, 11) is 3.03. The molecule has 7 N–H and O–H groups in total. The highest BCUT2D eigenvalue weighted by Gasteiger charge is 2.60. The minimum Gasteiger partial charge on any atom is -0.502 e. The van der Waals surface area contributed by atoms with E-state index in [4.69, 9.17) is 34.2 Å². The minimum absolute atomic E-state index is 0.0315. The second-order valence-electron chi connectivity index (χ2n) is 12.2. The Kier molecular flexibility index (Phi) is 10.5. The SMILES string of the molecule is COc1cc(C2c3cc4c(cc3C(NC(=O)NCCCNCCCCNCCCN)C3COC5OC5C23)OCO4)cc(OC)c1O. The molecule has 0 saturated carbocycles. The number of phenolic OH excluding ortho intramolecular Hbond substituents is 1. The highest BCUT2D eigenvalue weighted by atomic mass is 16.8. The number of hydrogen-bond donors (Lipinski definition) is 6. The molecular weight excluding hydrogens is 594 g/mol. The Morgan fingerprint density at radius 2 is 1.57 bits per heavy atom. The molecule has 6 unspecified atom stereocenters. The topological polar surface area (TPSA) is 170 Å². The number of urea groups is 1. The van der Waals surface area contributed by atoms with Gasteiger partial charge in [-0.25, -0.2) is 4.79 Å². The molecule has 2 aromatic rings. The molecule has 2 fully saturated rings. The van der Waals surface area contributed by atoms with Crippen LogP contribution in [-0.4, -0.2) is 90.4 Å². The van der Waals surface area contributed by atoms with E-state index in [1.54, 1.807) is 0 Å². The van der Waals surface area contributed by atoms with Crippen LogP contribution in [0.15, 0.2) is 24.3 Å². The number of epoxide rings is 1. The maximum Gasteiger partial charge on any atom is 0.315 e. The second kappa shape index (κ2) is 14.9. The number of carbonyl (C=O) groups excluding carboxylic acids is 1. The van der Waals surface area contributed by atoms with Gasteiger partial charge >= 0.3 is 6.03 Å². The van der Waals surface area contributed by atoms with Gasteiger partial charge in [-0.3, -0.25) is 0 Å². The number of nitrogens with two attached hydrogens (primary N) is 1. The molecule has 4 aliphatic rings. The monoisotopic (exact) mass is 641 g/mol. The van der Waals surface area contributed by atoms with Crippen molar-refractivity contribution in [3.8, 4) is 28.7 Å². The van der Waals surface area contributed by atoms with Crippen LogP contribution in [0, 0.1) is 11.8 Å². The Morgan fingerprint density at radius 1 is 0.913 bits per heavy atom. The Balaban J connectivity index is 1.15. The summed E-state index contributed by atoms with van der Waals surface area (Å²) in [6.45, 7) is 5.58. The van der Waals surface area contributed by atoms with Gasteiger partial charge in [0, 0.05) is 24.3 Å². The fourth-order valence-corrected chi connectivity index (χ4v) is 7.05. The van der Waals surface area contributed by atoms with Crippen molar-refractivity contribution in [3.63, 3.8) is 0 Å². The Bertz CT molecular complexity index is 1340. The lowest BCUT2D eigenvalue weighted by atomic mass is 9.62. The van der Waals surface area contributed by atoms with Gasteiger partial charge in [0.25, 0.3) is 0 Å². The number of benzene rings is 2. The van der Waals surface area contributed by atoms with Crippen molar-refractivity contribution in [2.24, 2.45) is 17.6 Å². The highest BCUT2D eigenvalue weighted by Crippen LogP contribution is 2.59. The number of ether oxygens (including phenoxy) is 6. The normalized spacial score (nSPS) is 25.2. The molecule has 0 bridgehead atoms. The molecule has 13 heteroatoms. The van der Waals surface area contributed by atoms with Crippen LogP contribution in [0.25, 0.3) is 0 Å². The van der Waals surface area contributed by atoms with Crippen LogP contribution in [-0.2, 0) is 9.47 Å². The van der Waals surface area contributed by atoms with Crippen LogP contribution >= 0.6 is 0 Å². The predicted molar refractivity (Wildman–Crippen MR) is 170 cm³/mol. The molecule has 6 atom stereocenters. The average molecular weight is 642 g/mol. The quantitative estimate of drug-likeness (QED) is 0.117. The lowest BCUT2D eigenvalue weighted by molar-refractivity contribution is -0.0136. The van der Waals surface area contributed by atoms with E-state index in [2.05, 4.69) is 21.3 Å². The Labute approximate surface area is 269 Å². The third kappa shape index (κ3) is 6.93. The van der Waals surface area contributed by atoms with E-state index < -0.39 is 0 Å². The summed E-state index contributed by atoms with van der Waals surface area (Å²) in [4.78, 5) is 13.3. The fraction of sp³-hybridized carbons (Fsp3) is 0.606. The third-order valence-corrected chi connectivity index (χ3v) is 9.35. The maximum absolute atomic E-state index is 13.3. The number of fused-ring (bicyclic) bond motifs is 5. The van der Waals surface area contributed by atoms with Crippen LogP contribution in [0.1, 0.15) is 54.3 Å². The van der Waals surface area contributed by atoms with Gasteiger partial charge in [0.05, 0.1) is 26.9 Å². The van der Waals surface area contributed by atoms with Gasteiger partial charge in [0.1, 0.15) is 6.10 Å². The van der Waals surface area contributed by atoms with E-state index in [0.29, 0.717) is 36.1 Å². The van der Waals surface area contributed by atoms with Crippen LogP contribution in [0.5, 0.6) is 28.7 Å². The molecule has 252 valence electrons. The van der Waals surface area contributed by atoms with Crippen molar-refractivity contribution in [2.45, 2.75) is 50.0 Å². The van der Waals surface area contributed by atoms with E-state index in [-0.39, 0.29) is 54.8 Å². The molecule has 6 rings (SSSR count). The van der Waals surface area contributed by atoms with Gasteiger partial charge in [-0.05, 0) is 99.4 Å². The average Bonchev–Trinajstić information content (AvgIpc) is 3.73. The number of hydrogen-bond acceptors (Lipinski definition) is 11. The molecule has 13 nitrogen and oxygen atoms in total. The summed E-state index contributed by atoms with van der Waals surface area (Å²) in [6.07, 6.45) is 3.62. The smallest absolute Gasteiger partial charge is 0.315 e. The summed E-state index contributed by atoms with van der Waals surface area (Å²) < 4.78 is 34.7. The summed E-state index contributed by atoms with van der Waals surface area (Å²) in [5.74, 6) is 1.57. The largest absolute Gasteiger partial charge is 0.502 e. The van der Waals surface area contributed by atoms with E-state index in [9.17, 15) is 9.90 Å². The molecular formula is C33H47N5O8. The first-order valence-electron chi connectivity index (χ1n) is 16.3. The predicted octanol–water partition coefficient (Wildman–Crippen LogP) is 2.31. The molecule has 0 aromatic heterocycles. The standard InChI is InChI=1S/C33H47N5O8/c1-41-25-13-19(14-26(42-2)30(25)39)27-20-15-23-24(45-18-44-23)16-21(20)29(22-17-43-32-31(46-32)28(22)27)38-33(40)37-12-6-11-36-9-4-3-8-35-10-5-7-34/h13-16,22,27-29,31-32,35-36,39H,3-12,17-18,34H2,1-2H3,(H2,37,38,40). The van der Waals surface area contributed by atoms with Crippen molar-refractivity contribution in [1.29, 1.82) is 0 Å². The number of carbonyl (C=O) groups is 1. The van der Waals surface area contributed by atoms with Crippen molar-refractivity contribution >= 4 is 6.03 Å². The zero-order valence-electron chi connectivity index (χ0n) is 26.6. The number of rotatable bonds is 16. The third-order valence-electron chi connectivity index (χ3n) is 9.35. The van der Waals surface area contributed by atoms with Crippen LogP contribution < -0.4 is 45.9 Å². The van der Waals surface area contributed by atoms with Crippen LogP contribution in [0.3, 0.4) is 0 Å². The summed E-state index contributed by atoms with van der Waals surface area (Å²) in [5.41, 5.74) is 8.33. The molecule has 2 saturated heterocycles. The van der Waals surface area contributed by atoms with Gasteiger partial charge in [-0.1, -0.05) is 0 Å². The fourth-order valence-electron chi connectivity index (χ4n) is 7.05. The maximum atomic E-state index is 13.3. The number of aromatic hydroxyl groups is 1. The Morgan fingerprint density at radius 3 is 2.24 bits per heavy atom. The minimum atomic E-state index is -0.353. The van der Waals surface area contributed by atoms with E-state index in [0.717, 1.165) is 75.1 Å². The van der Waals surface area contributed by atoms with Crippen molar-refractivity contribution < 1.29 is 38.3 Å². The van der Waals surface area contributed by atoms with Crippen LogP contribution in [0.2, 0.25) is 0 Å². The number of nitrogens with one attached hydrogen (secondary N) is 4. The first-order valence-corrected chi connectivity index (χ1v) is 16.3. The van der Waals surface area contributed by atoms with Gasteiger partial charge in [-0.15, -0.1) is 0 Å². The van der Waals surface area contributed by atoms with E-state index >= 15 is 0 Å². The van der Waals surface area contributed by atoms with Gasteiger partial charge in [0.15, 0.2) is 29.3 Å². The molecule has 2 amide bonds. The molecule has 46 heavy (non-hydrogen) atoms. The number of amides is 2. The van der Waals surface area contributed by atoms with Gasteiger partial charge in [0.2, 0.25) is 12.5 Å². The number of phenols is 1. The summed E-state index contributed by atoms with van der Waals surface area (Å²) >= 11 is 0. The first-order chi connectivity index (χ1) is 22.5. The van der Waals surface area contributed by atoms with E-state index in [1.807, 2.05) is 24.3 Å². The lowest BCUT2D eigenvalue weighted by Gasteiger charge is -2.45. The zero-order chi connectivity index (χ0) is 32.0. The number of unbranched alkanes of at least 4 members (excludes halogenated alkanes) is 1. The Hall–Kier alpha value is -3.49. The van der Waals surface area contributed by atoms with Crippen molar-refractivity contribution in [2.75, 3.05) is 66.9 Å². The molecule has 0 radical (unpaired) electrons. The second-order valence-corrected chi connectivity index (χ2v) is 12.2. The van der Waals surface area contributed by atoms with E-state index in [1.165, 1.54) is 14.2 Å².